The highest BCUT2D eigenvalue weighted by Gasteiger charge is 2.35. The number of anilines is 1. The number of aromatic nitrogens is 2. The molecular formula is C31H32FN5O3. The van der Waals surface area contributed by atoms with Crippen LogP contribution in [0.5, 0.6) is 5.75 Å². The average molecular weight is 542 g/mol. The number of hydrogen-bond donors (Lipinski definition) is 2. The van der Waals surface area contributed by atoms with Crippen LogP contribution in [0.3, 0.4) is 0 Å². The highest BCUT2D eigenvalue weighted by atomic mass is 19.1. The summed E-state index contributed by atoms with van der Waals surface area (Å²) in [5.41, 5.74) is 6.45. The smallest absolute Gasteiger partial charge is 0.320 e. The number of hydrogen-bond acceptors (Lipinski definition) is 5. The number of carbonyl (C=O) groups is 2. The van der Waals surface area contributed by atoms with Crippen molar-refractivity contribution in [3.05, 3.63) is 77.1 Å². The molecule has 40 heavy (non-hydrogen) atoms. The number of aromatic amines is 1. The molecule has 0 radical (unpaired) electrons. The summed E-state index contributed by atoms with van der Waals surface area (Å²) in [6.45, 7) is 6.29. The van der Waals surface area contributed by atoms with Crippen molar-refractivity contribution in [2.75, 3.05) is 31.6 Å². The van der Waals surface area contributed by atoms with E-state index in [9.17, 15) is 14.0 Å². The number of halogens is 1. The maximum Gasteiger partial charge on any atom is 0.320 e. The first kappa shape index (κ1) is 25.9. The van der Waals surface area contributed by atoms with Gasteiger partial charge in [0.2, 0.25) is 5.95 Å². The SMILES string of the molecule is CCNc1nc2ccc(-c3cc(C)c4c(c3)CN(C(=O)N3CCC(=O)CC3c3cccc(F)c3)CCO4)cc2[nH]1. The zero-order valence-electron chi connectivity index (χ0n) is 22.7. The number of imidazole rings is 1. The van der Waals surface area contributed by atoms with Crippen LogP contribution >= 0.6 is 0 Å². The highest BCUT2D eigenvalue weighted by molar-refractivity contribution is 5.85. The van der Waals surface area contributed by atoms with Crippen molar-refractivity contribution in [2.45, 2.75) is 39.3 Å². The molecule has 1 fully saturated rings. The first-order chi connectivity index (χ1) is 19.4. The molecule has 1 saturated heterocycles. The zero-order valence-corrected chi connectivity index (χ0v) is 22.7. The van der Waals surface area contributed by atoms with Crippen molar-refractivity contribution in [1.82, 2.24) is 19.8 Å². The van der Waals surface area contributed by atoms with Crippen LogP contribution in [0.1, 0.15) is 42.5 Å². The number of amides is 2. The number of ketones is 1. The third-order valence-corrected chi connectivity index (χ3v) is 7.66. The van der Waals surface area contributed by atoms with Crippen molar-refractivity contribution in [3.63, 3.8) is 0 Å². The number of piperidine rings is 1. The van der Waals surface area contributed by atoms with Gasteiger partial charge in [-0.05, 0) is 72.5 Å². The number of nitrogens with one attached hydrogen (secondary N) is 2. The minimum atomic E-state index is -0.491. The molecule has 6 rings (SSSR count). The molecule has 3 aromatic carbocycles. The molecule has 0 bridgehead atoms. The fourth-order valence-corrected chi connectivity index (χ4v) is 5.73. The van der Waals surface area contributed by atoms with E-state index in [1.807, 2.05) is 19.9 Å². The highest BCUT2D eigenvalue weighted by Crippen LogP contribution is 2.36. The fraction of sp³-hybridized carbons (Fsp3) is 0.323. The molecule has 2 N–H and O–H groups in total. The van der Waals surface area contributed by atoms with Gasteiger partial charge in [0.15, 0.2) is 0 Å². The molecule has 2 aliphatic rings. The van der Waals surface area contributed by atoms with Gasteiger partial charge >= 0.3 is 6.03 Å². The van der Waals surface area contributed by atoms with Crippen LogP contribution in [0.15, 0.2) is 54.6 Å². The third kappa shape index (κ3) is 4.99. The topological polar surface area (TPSA) is 90.6 Å². The van der Waals surface area contributed by atoms with Gasteiger partial charge in [0.25, 0.3) is 0 Å². The van der Waals surface area contributed by atoms with Crippen molar-refractivity contribution in [1.29, 1.82) is 0 Å². The molecule has 1 unspecified atom stereocenters. The van der Waals surface area contributed by atoms with Crippen LogP contribution in [0, 0.1) is 12.7 Å². The van der Waals surface area contributed by atoms with Gasteiger partial charge in [0.1, 0.15) is 24.0 Å². The second kappa shape index (κ2) is 10.6. The minimum Gasteiger partial charge on any atom is -0.491 e. The predicted octanol–water partition coefficient (Wildman–Crippen LogP) is 5.83. The first-order valence-corrected chi connectivity index (χ1v) is 13.7. The lowest BCUT2D eigenvalue weighted by Crippen LogP contribution is -2.48. The van der Waals surface area contributed by atoms with E-state index in [-0.39, 0.29) is 24.1 Å². The number of fused-ring (bicyclic) bond motifs is 2. The largest absolute Gasteiger partial charge is 0.491 e. The molecule has 3 heterocycles. The van der Waals surface area contributed by atoms with Gasteiger partial charge in [0, 0.05) is 31.5 Å². The van der Waals surface area contributed by atoms with E-state index in [2.05, 4.69) is 39.6 Å². The Morgan fingerprint density at radius 1 is 1.15 bits per heavy atom. The van der Waals surface area contributed by atoms with E-state index in [1.165, 1.54) is 12.1 Å². The Labute approximate surface area is 232 Å². The Kier molecular flexibility index (Phi) is 6.88. The molecule has 9 heteroatoms. The number of aryl methyl sites for hydroxylation is 1. The second-order valence-corrected chi connectivity index (χ2v) is 10.4. The summed E-state index contributed by atoms with van der Waals surface area (Å²) in [4.78, 5) is 37.6. The lowest BCUT2D eigenvalue weighted by molar-refractivity contribution is -0.122. The zero-order chi connectivity index (χ0) is 27.8. The number of urea groups is 1. The molecular weight excluding hydrogens is 509 g/mol. The van der Waals surface area contributed by atoms with Gasteiger partial charge < -0.3 is 24.8 Å². The quantitative estimate of drug-likeness (QED) is 0.339. The van der Waals surface area contributed by atoms with Crippen molar-refractivity contribution in [2.24, 2.45) is 0 Å². The van der Waals surface area contributed by atoms with Crippen LogP contribution < -0.4 is 10.1 Å². The monoisotopic (exact) mass is 541 g/mol. The van der Waals surface area contributed by atoms with Crippen LogP contribution in [0.2, 0.25) is 0 Å². The van der Waals surface area contributed by atoms with E-state index in [0.717, 1.165) is 51.5 Å². The number of rotatable bonds is 4. The molecule has 2 aliphatic heterocycles. The molecule has 1 aromatic heterocycles. The summed E-state index contributed by atoms with van der Waals surface area (Å²) in [6, 6.07) is 15.8. The van der Waals surface area contributed by atoms with Gasteiger partial charge in [-0.1, -0.05) is 18.2 Å². The predicted molar refractivity (Wildman–Crippen MR) is 152 cm³/mol. The number of nitrogens with zero attached hydrogens (tertiary/aromatic N) is 3. The molecule has 206 valence electrons. The number of likely N-dealkylation sites (tertiary alicyclic amines) is 1. The number of benzene rings is 3. The van der Waals surface area contributed by atoms with Gasteiger partial charge in [0.05, 0.1) is 30.2 Å². The molecule has 1 atom stereocenters. The van der Waals surface area contributed by atoms with Gasteiger partial charge in [-0.25, -0.2) is 14.2 Å². The summed E-state index contributed by atoms with van der Waals surface area (Å²) >= 11 is 0. The van der Waals surface area contributed by atoms with Crippen LogP contribution in [0.4, 0.5) is 15.1 Å². The van der Waals surface area contributed by atoms with E-state index < -0.39 is 6.04 Å². The van der Waals surface area contributed by atoms with Crippen molar-refractivity contribution in [3.8, 4) is 16.9 Å². The summed E-state index contributed by atoms with van der Waals surface area (Å²) in [6.07, 6.45) is 0.484. The Morgan fingerprint density at radius 3 is 2.85 bits per heavy atom. The van der Waals surface area contributed by atoms with Crippen LogP contribution in [0.25, 0.3) is 22.2 Å². The third-order valence-electron chi connectivity index (χ3n) is 7.66. The maximum absolute atomic E-state index is 14.0. The normalized spacial score (nSPS) is 17.4. The van der Waals surface area contributed by atoms with E-state index in [0.29, 0.717) is 38.2 Å². The number of H-pyrrole nitrogens is 1. The Hall–Kier alpha value is -4.40. The second-order valence-electron chi connectivity index (χ2n) is 10.4. The van der Waals surface area contributed by atoms with E-state index in [1.54, 1.807) is 21.9 Å². The molecule has 4 aromatic rings. The summed E-state index contributed by atoms with van der Waals surface area (Å²) in [7, 11) is 0. The van der Waals surface area contributed by atoms with Crippen LogP contribution in [-0.2, 0) is 11.3 Å². The first-order valence-electron chi connectivity index (χ1n) is 13.7. The summed E-state index contributed by atoms with van der Waals surface area (Å²) < 4.78 is 20.2. The number of Topliss-reactive ketones (excluding diaryl/α,β-unsaturated/α-hetero) is 1. The average Bonchev–Trinajstić information content (AvgIpc) is 3.21. The number of ether oxygens (including phenoxy) is 1. The van der Waals surface area contributed by atoms with E-state index in [4.69, 9.17) is 4.74 Å². The summed E-state index contributed by atoms with van der Waals surface area (Å²) in [5, 5.41) is 3.21. The molecule has 0 saturated carbocycles. The van der Waals surface area contributed by atoms with Crippen molar-refractivity contribution < 1.29 is 18.7 Å². The fourth-order valence-electron chi connectivity index (χ4n) is 5.73. The lowest BCUT2D eigenvalue weighted by Gasteiger charge is -2.38. The summed E-state index contributed by atoms with van der Waals surface area (Å²) in [5.74, 6) is 1.24. The van der Waals surface area contributed by atoms with Gasteiger partial charge in [-0.3, -0.25) is 4.79 Å². The van der Waals surface area contributed by atoms with Gasteiger partial charge in [-0.2, -0.15) is 0 Å². The van der Waals surface area contributed by atoms with Gasteiger partial charge in [-0.15, -0.1) is 0 Å². The maximum atomic E-state index is 14.0. The standard InChI is InChI=1S/C31H32FN5O3/c1-3-33-30-34-26-8-7-20(16-27(26)35-30)22-13-19(2)29-23(14-22)18-36(11-12-40-29)31(39)37-10-9-25(38)17-28(37)21-5-4-6-24(32)15-21/h4-8,13-16,28H,3,9-12,17-18H2,1-2H3,(H2,33,34,35). The molecule has 0 spiro atoms. The van der Waals surface area contributed by atoms with Crippen LogP contribution in [-0.4, -0.2) is 57.8 Å². The van der Waals surface area contributed by atoms with E-state index >= 15 is 0 Å². The Balaban J connectivity index is 1.29. The molecule has 0 aliphatic carbocycles. The molecule has 2 amide bonds. The Bertz CT molecular complexity index is 1600. The number of carbonyl (C=O) groups excluding carboxylic acids is 2. The lowest BCUT2D eigenvalue weighted by atomic mass is 9.94. The Morgan fingerprint density at radius 2 is 2.02 bits per heavy atom. The molecule has 8 nitrogen and oxygen atoms in total. The minimum absolute atomic E-state index is 0.0787. The van der Waals surface area contributed by atoms with Crippen molar-refractivity contribution >= 4 is 28.8 Å².